The molecule has 0 aromatic rings. The molecular weight excluding hydrogens is 317 g/mol. The molecule has 0 saturated carbocycles. The molecule has 0 aromatic carbocycles. The molecular formula is C9H16NPt+. The first-order valence-electron chi connectivity index (χ1n) is 3.86. The fraction of sp³-hybridized carbons (Fsp3) is 0.556. The molecule has 2 heteroatoms. The van der Waals surface area contributed by atoms with Crippen LogP contribution in [0.3, 0.4) is 0 Å². The topological polar surface area (TPSA) is 0 Å². The van der Waals surface area contributed by atoms with E-state index in [1.54, 1.807) is 0 Å². The average molecular weight is 333 g/mol. The average Bonchev–Trinajstić information content (AvgIpc) is 2.38. The molecule has 0 atom stereocenters. The number of nitrogens with zero attached hydrogens (tertiary/aromatic N) is 1. The summed E-state index contributed by atoms with van der Waals surface area (Å²) in [4.78, 5) is 0. The maximum Gasteiger partial charge on any atom is 0.112 e. The second kappa shape index (κ2) is 4.23. The van der Waals surface area contributed by atoms with Gasteiger partial charge in [0.1, 0.15) is 5.70 Å². The van der Waals surface area contributed by atoms with Crippen LogP contribution in [-0.2, 0) is 21.1 Å². The second-order valence-corrected chi connectivity index (χ2v) is 3.29. The fourth-order valence-corrected chi connectivity index (χ4v) is 1.09. The molecule has 0 N–H and O–H groups in total. The third kappa shape index (κ3) is 2.57. The van der Waals surface area contributed by atoms with Gasteiger partial charge in [0.05, 0.1) is 20.6 Å². The zero-order chi connectivity index (χ0) is 7.61. The van der Waals surface area contributed by atoms with E-state index in [4.69, 9.17) is 0 Å². The van der Waals surface area contributed by atoms with Crippen molar-refractivity contribution in [3.8, 4) is 0 Å². The maximum absolute atomic E-state index is 2.25. The van der Waals surface area contributed by atoms with Gasteiger partial charge in [-0.15, -0.1) is 0 Å². The van der Waals surface area contributed by atoms with E-state index in [2.05, 4.69) is 39.2 Å². The Balaban J connectivity index is 0.000001000. The summed E-state index contributed by atoms with van der Waals surface area (Å²) in [5, 5.41) is 0. The van der Waals surface area contributed by atoms with E-state index in [1.807, 2.05) is 0 Å². The van der Waals surface area contributed by atoms with Crippen molar-refractivity contribution in [2.45, 2.75) is 13.3 Å². The first-order chi connectivity index (χ1) is 4.67. The van der Waals surface area contributed by atoms with Gasteiger partial charge in [-0.2, -0.15) is 0 Å². The summed E-state index contributed by atoms with van der Waals surface area (Å²) in [6, 6.07) is 0. The minimum absolute atomic E-state index is 0. The van der Waals surface area contributed by atoms with Gasteiger partial charge in [-0.1, -0.05) is 12.2 Å². The van der Waals surface area contributed by atoms with Gasteiger partial charge in [0.2, 0.25) is 0 Å². The molecule has 1 aliphatic rings. The van der Waals surface area contributed by atoms with E-state index in [-0.39, 0.29) is 21.1 Å². The second-order valence-electron chi connectivity index (χ2n) is 3.29. The zero-order valence-electron chi connectivity index (χ0n) is 7.41. The monoisotopic (exact) mass is 333 g/mol. The van der Waals surface area contributed by atoms with E-state index in [9.17, 15) is 0 Å². The standard InChI is InChI=1S/C9H16N.Pt/c1-4-10(2,3)9-7-5-6-8-9;/h5-7H,4,8H2,1-3H3;/q+1;. The number of quaternary nitrogens is 1. The summed E-state index contributed by atoms with van der Waals surface area (Å²) in [7, 11) is 4.50. The maximum atomic E-state index is 2.25. The van der Waals surface area contributed by atoms with Gasteiger partial charge in [-0.25, -0.2) is 0 Å². The van der Waals surface area contributed by atoms with Crippen LogP contribution in [0.25, 0.3) is 0 Å². The van der Waals surface area contributed by atoms with Crippen molar-refractivity contribution in [1.29, 1.82) is 0 Å². The Morgan fingerprint density at radius 2 is 2.09 bits per heavy atom. The van der Waals surface area contributed by atoms with Crippen molar-refractivity contribution in [3.05, 3.63) is 23.9 Å². The Kier molecular flexibility index (Phi) is 4.28. The van der Waals surface area contributed by atoms with Gasteiger partial charge in [-0.3, -0.25) is 4.48 Å². The van der Waals surface area contributed by atoms with E-state index in [1.165, 1.54) is 12.2 Å². The van der Waals surface area contributed by atoms with Gasteiger partial charge in [0.15, 0.2) is 0 Å². The molecule has 0 fully saturated rings. The summed E-state index contributed by atoms with van der Waals surface area (Å²) in [5.74, 6) is 0. The Morgan fingerprint density at radius 3 is 2.45 bits per heavy atom. The van der Waals surface area contributed by atoms with Gasteiger partial charge in [0, 0.05) is 27.5 Å². The molecule has 1 rings (SSSR count). The van der Waals surface area contributed by atoms with Crippen molar-refractivity contribution in [3.63, 3.8) is 0 Å². The number of allylic oxidation sites excluding steroid dienone is 3. The van der Waals surface area contributed by atoms with Gasteiger partial charge >= 0.3 is 0 Å². The smallest absolute Gasteiger partial charge is 0.112 e. The third-order valence-corrected chi connectivity index (χ3v) is 2.32. The summed E-state index contributed by atoms with van der Waals surface area (Å²) in [6.07, 6.45) is 7.72. The molecule has 1 aliphatic carbocycles. The molecule has 0 aliphatic heterocycles. The summed E-state index contributed by atoms with van der Waals surface area (Å²) in [5.41, 5.74) is 1.52. The SMILES string of the molecule is CC[N+](C)(C)C1=CC=CC1.[Pt]. The Morgan fingerprint density at radius 1 is 1.45 bits per heavy atom. The molecule has 0 bridgehead atoms. The van der Waals surface area contributed by atoms with Crippen LogP contribution in [-0.4, -0.2) is 25.1 Å². The van der Waals surface area contributed by atoms with Crippen molar-refractivity contribution >= 4 is 0 Å². The predicted octanol–water partition coefficient (Wildman–Crippen LogP) is 1.92. The first kappa shape index (κ1) is 11.1. The molecule has 0 spiro atoms. The largest absolute Gasteiger partial charge is 0.300 e. The molecule has 0 radical (unpaired) electrons. The van der Waals surface area contributed by atoms with Crippen LogP contribution in [0.5, 0.6) is 0 Å². The minimum atomic E-state index is 0. The van der Waals surface area contributed by atoms with E-state index in [0.717, 1.165) is 10.9 Å². The molecule has 0 aromatic heterocycles. The summed E-state index contributed by atoms with van der Waals surface area (Å²) in [6.45, 7) is 3.40. The van der Waals surface area contributed by atoms with Gasteiger partial charge < -0.3 is 0 Å². The number of hydrogen-bond donors (Lipinski definition) is 0. The Hall–Kier alpha value is 0.128. The van der Waals surface area contributed by atoms with Gasteiger partial charge in [0.25, 0.3) is 0 Å². The summed E-state index contributed by atoms with van der Waals surface area (Å²) >= 11 is 0. The molecule has 0 saturated heterocycles. The van der Waals surface area contributed by atoms with Crippen molar-refractivity contribution < 1.29 is 25.5 Å². The van der Waals surface area contributed by atoms with Crippen LogP contribution in [0.4, 0.5) is 0 Å². The normalized spacial score (nSPS) is 16.1. The molecule has 66 valence electrons. The van der Waals surface area contributed by atoms with Crippen molar-refractivity contribution in [1.82, 2.24) is 0 Å². The van der Waals surface area contributed by atoms with E-state index >= 15 is 0 Å². The quantitative estimate of drug-likeness (QED) is 0.678. The van der Waals surface area contributed by atoms with E-state index < -0.39 is 0 Å². The number of hydrogen-bond acceptors (Lipinski definition) is 0. The molecule has 1 nitrogen and oxygen atoms in total. The van der Waals surface area contributed by atoms with Crippen LogP contribution in [0.15, 0.2) is 23.9 Å². The zero-order valence-corrected chi connectivity index (χ0v) is 9.68. The summed E-state index contributed by atoms with van der Waals surface area (Å²) < 4.78 is 1.03. The van der Waals surface area contributed by atoms with Gasteiger partial charge in [-0.05, 0) is 13.0 Å². The Labute approximate surface area is 83.6 Å². The third-order valence-electron chi connectivity index (χ3n) is 2.32. The van der Waals surface area contributed by atoms with Crippen LogP contribution in [0.2, 0.25) is 0 Å². The van der Waals surface area contributed by atoms with Crippen LogP contribution >= 0.6 is 0 Å². The fourth-order valence-electron chi connectivity index (χ4n) is 1.09. The van der Waals surface area contributed by atoms with Crippen LogP contribution in [0.1, 0.15) is 13.3 Å². The van der Waals surface area contributed by atoms with Crippen LogP contribution in [0, 0.1) is 0 Å². The number of rotatable bonds is 2. The van der Waals surface area contributed by atoms with E-state index in [0.29, 0.717) is 0 Å². The molecule has 0 amide bonds. The molecule has 11 heavy (non-hydrogen) atoms. The predicted molar refractivity (Wildman–Crippen MR) is 44.5 cm³/mol. The minimum Gasteiger partial charge on any atom is -0.300 e. The van der Waals surface area contributed by atoms with Crippen molar-refractivity contribution in [2.75, 3.05) is 20.6 Å². The van der Waals surface area contributed by atoms with Crippen molar-refractivity contribution in [2.24, 2.45) is 0 Å². The molecule has 0 unspecified atom stereocenters. The van der Waals surface area contributed by atoms with Crippen LogP contribution < -0.4 is 0 Å². The Bertz CT molecular complexity index is 180. The molecule has 0 heterocycles. The first-order valence-corrected chi connectivity index (χ1v) is 3.86.